The maximum Gasteiger partial charge on any atom is 0.225 e. The van der Waals surface area contributed by atoms with Crippen molar-refractivity contribution in [2.75, 3.05) is 36.5 Å². The molecule has 31 heavy (non-hydrogen) atoms. The Morgan fingerprint density at radius 2 is 1.81 bits per heavy atom. The topological polar surface area (TPSA) is 85.3 Å². The van der Waals surface area contributed by atoms with Crippen LogP contribution in [0.5, 0.6) is 5.88 Å². The first-order valence-corrected chi connectivity index (χ1v) is 11.5. The summed E-state index contributed by atoms with van der Waals surface area (Å²) in [5.74, 6) is 2.25. The lowest BCUT2D eigenvalue weighted by Gasteiger charge is -2.31. The van der Waals surface area contributed by atoms with Crippen LogP contribution in [-0.2, 0) is 4.74 Å². The standard InChI is InChI=1S/C22H25BrN6O2/c23-15-12-18-19(26-14-15)13-20(29-8-10-30-11-9-29)28-21(18)31-17-4-2-16(3-5-17)27-22-24-6-1-7-25-22/h1,6-7,12-14,16-17H,2-5,8-11H2,(H,24,25,27). The van der Waals surface area contributed by atoms with Gasteiger partial charge in [-0.1, -0.05) is 0 Å². The van der Waals surface area contributed by atoms with Crippen molar-refractivity contribution in [1.29, 1.82) is 0 Å². The minimum Gasteiger partial charge on any atom is -0.474 e. The average molecular weight is 485 g/mol. The average Bonchev–Trinajstić information content (AvgIpc) is 2.82. The van der Waals surface area contributed by atoms with Crippen LogP contribution in [0.2, 0.25) is 0 Å². The third kappa shape index (κ3) is 4.88. The Kier molecular flexibility index (Phi) is 6.13. The molecule has 1 N–H and O–H groups in total. The van der Waals surface area contributed by atoms with Gasteiger partial charge in [-0.25, -0.2) is 9.97 Å². The number of rotatable bonds is 5. The van der Waals surface area contributed by atoms with Gasteiger partial charge in [-0.05, 0) is 53.7 Å². The van der Waals surface area contributed by atoms with Crippen LogP contribution in [0.3, 0.4) is 0 Å². The van der Waals surface area contributed by atoms with E-state index in [1.807, 2.05) is 24.4 Å². The molecule has 2 fully saturated rings. The number of nitrogens with one attached hydrogen (secondary N) is 1. The lowest BCUT2D eigenvalue weighted by atomic mass is 9.93. The highest BCUT2D eigenvalue weighted by Crippen LogP contribution is 2.32. The molecule has 1 saturated heterocycles. The summed E-state index contributed by atoms with van der Waals surface area (Å²) in [7, 11) is 0. The molecule has 5 rings (SSSR count). The van der Waals surface area contributed by atoms with Crippen LogP contribution >= 0.6 is 15.9 Å². The molecule has 3 aromatic heterocycles. The van der Waals surface area contributed by atoms with Crippen LogP contribution in [0.25, 0.3) is 10.9 Å². The largest absolute Gasteiger partial charge is 0.474 e. The van der Waals surface area contributed by atoms with Crippen LogP contribution < -0.4 is 15.0 Å². The van der Waals surface area contributed by atoms with Gasteiger partial charge >= 0.3 is 0 Å². The summed E-state index contributed by atoms with van der Waals surface area (Å²) >= 11 is 3.53. The van der Waals surface area contributed by atoms with E-state index in [2.05, 4.69) is 41.1 Å². The van der Waals surface area contributed by atoms with Crippen molar-refractivity contribution in [2.24, 2.45) is 0 Å². The first-order chi connectivity index (χ1) is 15.2. The Morgan fingerprint density at radius 3 is 2.58 bits per heavy atom. The Bertz CT molecular complexity index is 1020. The van der Waals surface area contributed by atoms with E-state index < -0.39 is 0 Å². The number of fused-ring (bicyclic) bond motifs is 1. The number of morpholine rings is 1. The fraction of sp³-hybridized carbons (Fsp3) is 0.455. The zero-order valence-electron chi connectivity index (χ0n) is 17.2. The molecular weight excluding hydrogens is 460 g/mol. The van der Waals surface area contributed by atoms with Gasteiger partial charge in [0, 0.05) is 48.3 Å². The molecule has 0 radical (unpaired) electrons. The SMILES string of the molecule is Brc1cnc2cc(N3CCOCC3)nc(OC3CCC(Nc4ncccn4)CC3)c2c1. The van der Waals surface area contributed by atoms with Crippen molar-refractivity contribution in [2.45, 2.75) is 37.8 Å². The third-order valence-corrected chi connectivity index (χ3v) is 6.22. The molecule has 162 valence electrons. The molecule has 9 heteroatoms. The second kappa shape index (κ2) is 9.32. The van der Waals surface area contributed by atoms with Gasteiger partial charge in [0.15, 0.2) is 0 Å². The first kappa shape index (κ1) is 20.4. The van der Waals surface area contributed by atoms with Crippen LogP contribution in [0.15, 0.2) is 41.3 Å². The predicted molar refractivity (Wildman–Crippen MR) is 123 cm³/mol. The fourth-order valence-electron chi connectivity index (χ4n) is 4.14. The van der Waals surface area contributed by atoms with Gasteiger partial charge in [0.25, 0.3) is 0 Å². The number of pyridine rings is 2. The monoisotopic (exact) mass is 484 g/mol. The molecule has 0 atom stereocenters. The van der Waals surface area contributed by atoms with Crippen molar-refractivity contribution in [1.82, 2.24) is 19.9 Å². The summed E-state index contributed by atoms with van der Waals surface area (Å²) < 4.78 is 12.9. The van der Waals surface area contributed by atoms with E-state index in [1.165, 1.54) is 0 Å². The van der Waals surface area contributed by atoms with Crippen LogP contribution in [-0.4, -0.2) is 58.4 Å². The molecule has 2 aliphatic rings. The number of halogens is 1. The van der Waals surface area contributed by atoms with E-state index >= 15 is 0 Å². The maximum absolute atomic E-state index is 6.46. The molecule has 1 saturated carbocycles. The van der Waals surface area contributed by atoms with E-state index in [9.17, 15) is 0 Å². The van der Waals surface area contributed by atoms with Crippen molar-refractivity contribution in [3.63, 3.8) is 0 Å². The molecule has 1 aliphatic carbocycles. The molecule has 1 aliphatic heterocycles. The van der Waals surface area contributed by atoms with E-state index in [4.69, 9.17) is 14.5 Å². The summed E-state index contributed by atoms with van der Waals surface area (Å²) in [6.45, 7) is 3.08. The normalized spacial score (nSPS) is 21.8. The van der Waals surface area contributed by atoms with Crippen molar-refractivity contribution >= 4 is 38.6 Å². The zero-order chi connectivity index (χ0) is 21.0. The Morgan fingerprint density at radius 1 is 1.03 bits per heavy atom. The van der Waals surface area contributed by atoms with Crippen LogP contribution in [0.1, 0.15) is 25.7 Å². The second-order valence-corrected chi connectivity index (χ2v) is 8.83. The van der Waals surface area contributed by atoms with E-state index in [0.29, 0.717) is 31.1 Å². The van der Waals surface area contributed by atoms with Gasteiger partial charge in [0.2, 0.25) is 11.8 Å². The summed E-state index contributed by atoms with van der Waals surface area (Å²) in [5, 5.41) is 4.36. The van der Waals surface area contributed by atoms with Gasteiger partial charge in [-0.2, -0.15) is 4.98 Å². The van der Waals surface area contributed by atoms with Crippen molar-refractivity contribution < 1.29 is 9.47 Å². The molecule has 0 aromatic carbocycles. The quantitative estimate of drug-likeness (QED) is 0.584. The smallest absolute Gasteiger partial charge is 0.225 e. The summed E-state index contributed by atoms with van der Waals surface area (Å²) in [6, 6.07) is 6.27. The van der Waals surface area contributed by atoms with Crippen molar-refractivity contribution in [3.8, 4) is 5.88 Å². The number of nitrogens with zero attached hydrogens (tertiary/aromatic N) is 5. The molecule has 0 bridgehead atoms. The van der Waals surface area contributed by atoms with Crippen molar-refractivity contribution in [3.05, 3.63) is 41.3 Å². The Balaban J connectivity index is 1.31. The van der Waals surface area contributed by atoms with Gasteiger partial charge in [-0.3, -0.25) is 4.98 Å². The van der Waals surface area contributed by atoms with Crippen LogP contribution in [0, 0.1) is 0 Å². The van der Waals surface area contributed by atoms with Gasteiger partial charge in [0.1, 0.15) is 11.9 Å². The minimum absolute atomic E-state index is 0.129. The third-order valence-electron chi connectivity index (χ3n) is 5.78. The lowest BCUT2D eigenvalue weighted by molar-refractivity contribution is 0.122. The zero-order valence-corrected chi connectivity index (χ0v) is 18.8. The molecule has 3 aromatic rings. The summed E-state index contributed by atoms with van der Waals surface area (Å²) in [6.07, 6.45) is 9.39. The predicted octanol–water partition coefficient (Wildman–Crippen LogP) is 3.82. The van der Waals surface area contributed by atoms with E-state index in [0.717, 1.165) is 60.0 Å². The number of anilines is 2. The van der Waals surface area contributed by atoms with Gasteiger partial charge < -0.3 is 19.7 Å². The summed E-state index contributed by atoms with van der Waals surface area (Å²) in [4.78, 5) is 20.3. The summed E-state index contributed by atoms with van der Waals surface area (Å²) in [5.41, 5.74) is 0.895. The van der Waals surface area contributed by atoms with Gasteiger partial charge in [0.05, 0.1) is 24.1 Å². The highest BCUT2D eigenvalue weighted by atomic mass is 79.9. The van der Waals surface area contributed by atoms with E-state index in [-0.39, 0.29) is 6.10 Å². The lowest BCUT2D eigenvalue weighted by Crippen LogP contribution is -2.37. The van der Waals surface area contributed by atoms with Crippen LogP contribution in [0.4, 0.5) is 11.8 Å². The molecule has 0 amide bonds. The molecular formula is C22H25BrN6O2. The highest BCUT2D eigenvalue weighted by Gasteiger charge is 2.25. The second-order valence-electron chi connectivity index (χ2n) is 7.91. The number of hydrogen-bond donors (Lipinski definition) is 1. The fourth-order valence-corrected chi connectivity index (χ4v) is 4.47. The van der Waals surface area contributed by atoms with Gasteiger partial charge in [-0.15, -0.1) is 0 Å². The minimum atomic E-state index is 0.129. The van der Waals surface area contributed by atoms with E-state index in [1.54, 1.807) is 12.4 Å². The number of ether oxygens (including phenoxy) is 2. The molecule has 8 nitrogen and oxygen atoms in total. The highest BCUT2D eigenvalue weighted by molar-refractivity contribution is 9.10. The molecule has 0 spiro atoms. The number of aromatic nitrogens is 4. The molecule has 0 unspecified atom stereocenters. The Hall–Kier alpha value is -2.52. The Labute approximate surface area is 189 Å². The first-order valence-electron chi connectivity index (χ1n) is 10.7. The number of hydrogen-bond acceptors (Lipinski definition) is 8. The maximum atomic E-state index is 6.46. The molecule has 4 heterocycles.